The predicted octanol–water partition coefficient (Wildman–Crippen LogP) is 4.04. The second kappa shape index (κ2) is 5.98. The highest BCUT2D eigenvalue weighted by Gasteiger charge is 2.27. The van der Waals surface area contributed by atoms with Crippen LogP contribution in [0, 0.1) is 0 Å². The maximum absolute atomic E-state index is 10.5. The van der Waals surface area contributed by atoms with E-state index in [9.17, 15) is 5.11 Å². The molecule has 2 unspecified atom stereocenters. The number of hydrogen-bond acceptors (Lipinski definition) is 2. The number of aryl methyl sites for hydroxylation is 2. The molecule has 3 aromatic rings. The second-order valence-electron chi connectivity index (χ2n) is 7.37. The van der Waals surface area contributed by atoms with E-state index in [2.05, 4.69) is 59.9 Å². The van der Waals surface area contributed by atoms with Crippen LogP contribution in [-0.2, 0) is 12.8 Å². The van der Waals surface area contributed by atoms with Gasteiger partial charge < -0.3 is 10.4 Å². The van der Waals surface area contributed by atoms with E-state index >= 15 is 0 Å². The zero-order chi connectivity index (χ0) is 16.8. The van der Waals surface area contributed by atoms with Crippen LogP contribution in [0.3, 0.4) is 0 Å². The van der Waals surface area contributed by atoms with Gasteiger partial charge in [-0.25, -0.2) is 0 Å². The first kappa shape index (κ1) is 15.1. The van der Waals surface area contributed by atoms with E-state index in [0.29, 0.717) is 6.54 Å². The molecular formula is C23H23NO. The van der Waals surface area contributed by atoms with Gasteiger partial charge in [0.05, 0.1) is 6.10 Å². The van der Waals surface area contributed by atoms with Crippen LogP contribution >= 0.6 is 0 Å². The van der Waals surface area contributed by atoms with Crippen LogP contribution in [0.2, 0.25) is 0 Å². The number of piperidine rings is 1. The van der Waals surface area contributed by atoms with Crippen molar-refractivity contribution in [3.63, 3.8) is 0 Å². The lowest BCUT2D eigenvalue weighted by molar-refractivity contribution is 0.118. The third-order valence-corrected chi connectivity index (χ3v) is 5.98. The number of aliphatic hydroxyl groups is 1. The molecule has 0 amide bonds. The molecule has 2 heteroatoms. The van der Waals surface area contributed by atoms with Gasteiger partial charge in [-0.2, -0.15) is 0 Å². The van der Waals surface area contributed by atoms with Gasteiger partial charge in [-0.15, -0.1) is 0 Å². The summed E-state index contributed by atoms with van der Waals surface area (Å²) in [6, 6.07) is 20.0. The van der Waals surface area contributed by atoms with Crippen LogP contribution in [0.5, 0.6) is 0 Å². The van der Waals surface area contributed by atoms with Crippen LogP contribution in [0.4, 0.5) is 0 Å². The molecule has 2 nitrogen and oxygen atoms in total. The third kappa shape index (κ3) is 2.40. The molecule has 0 aromatic heterocycles. The molecule has 3 aromatic carbocycles. The molecule has 2 aliphatic rings. The second-order valence-corrected chi connectivity index (χ2v) is 7.37. The maximum atomic E-state index is 10.5. The average molecular weight is 329 g/mol. The van der Waals surface area contributed by atoms with Gasteiger partial charge in [0.25, 0.3) is 0 Å². The van der Waals surface area contributed by atoms with E-state index in [1.807, 2.05) is 0 Å². The van der Waals surface area contributed by atoms with Crippen molar-refractivity contribution >= 4 is 10.8 Å². The number of hydrogen-bond donors (Lipinski definition) is 2. The molecule has 5 rings (SSSR count). The molecular weight excluding hydrogens is 306 g/mol. The summed E-state index contributed by atoms with van der Waals surface area (Å²) in [6.45, 7) is 1.66. The van der Waals surface area contributed by atoms with Crippen molar-refractivity contribution in [3.8, 4) is 11.1 Å². The number of β-amino-alcohol motifs (C(OH)–C–C–N with tert-alkyl or cyclic N) is 1. The number of aliphatic hydroxyl groups excluding tert-OH is 1. The number of nitrogens with one attached hydrogen (secondary N) is 1. The van der Waals surface area contributed by atoms with E-state index in [4.69, 9.17) is 0 Å². The Labute approximate surface area is 148 Å². The molecule has 2 N–H and O–H groups in total. The molecule has 1 fully saturated rings. The summed E-state index contributed by atoms with van der Waals surface area (Å²) in [5.74, 6) is 0.209. The summed E-state index contributed by atoms with van der Waals surface area (Å²) >= 11 is 0. The van der Waals surface area contributed by atoms with Gasteiger partial charge in [0, 0.05) is 12.5 Å². The molecule has 1 heterocycles. The largest absolute Gasteiger partial charge is 0.391 e. The predicted molar refractivity (Wildman–Crippen MR) is 103 cm³/mol. The Hall–Kier alpha value is -2.16. The first-order valence-electron chi connectivity index (χ1n) is 9.34. The molecule has 1 saturated heterocycles. The van der Waals surface area contributed by atoms with Crippen LogP contribution in [0.15, 0.2) is 54.6 Å². The van der Waals surface area contributed by atoms with E-state index in [1.54, 1.807) is 0 Å². The van der Waals surface area contributed by atoms with Crippen LogP contribution in [0.1, 0.15) is 29.0 Å². The molecule has 0 radical (unpaired) electrons. The van der Waals surface area contributed by atoms with E-state index < -0.39 is 0 Å². The lowest BCUT2D eigenvalue weighted by Gasteiger charge is -2.30. The van der Waals surface area contributed by atoms with Gasteiger partial charge >= 0.3 is 0 Å². The Morgan fingerprint density at radius 3 is 2.56 bits per heavy atom. The first-order chi connectivity index (χ1) is 12.3. The zero-order valence-corrected chi connectivity index (χ0v) is 14.3. The van der Waals surface area contributed by atoms with Crippen molar-refractivity contribution in [2.24, 2.45) is 0 Å². The van der Waals surface area contributed by atoms with Crippen LogP contribution < -0.4 is 5.32 Å². The Balaban J connectivity index is 1.72. The third-order valence-electron chi connectivity index (χ3n) is 5.98. The minimum Gasteiger partial charge on any atom is -0.391 e. The highest BCUT2D eigenvalue weighted by molar-refractivity contribution is 6.02. The Morgan fingerprint density at radius 1 is 0.840 bits per heavy atom. The van der Waals surface area contributed by atoms with Crippen molar-refractivity contribution in [1.29, 1.82) is 0 Å². The minimum absolute atomic E-state index is 0.209. The highest BCUT2D eigenvalue weighted by atomic mass is 16.3. The van der Waals surface area contributed by atoms with Crippen LogP contribution in [-0.4, -0.2) is 24.3 Å². The molecule has 2 atom stereocenters. The average Bonchev–Trinajstić information content (AvgIpc) is 3.08. The zero-order valence-electron chi connectivity index (χ0n) is 14.3. The van der Waals surface area contributed by atoms with Crippen molar-refractivity contribution in [1.82, 2.24) is 5.32 Å². The summed E-state index contributed by atoms with van der Waals surface area (Å²) in [7, 11) is 0. The van der Waals surface area contributed by atoms with E-state index in [-0.39, 0.29) is 12.0 Å². The van der Waals surface area contributed by atoms with Crippen molar-refractivity contribution in [2.45, 2.75) is 31.3 Å². The van der Waals surface area contributed by atoms with Gasteiger partial charge in [0.1, 0.15) is 0 Å². The molecule has 25 heavy (non-hydrogen) atoms. The van der Waals surface area contributed by atoms with Gasteiger partial charge in [0.2, 0.25) is 0 Å². The molecule has 0 saturated carbocycles. The Morgan fingerprint density at radius 2 is 1.68 bits per heavy atom. The quantitative estimate of drug-likeness (QED) is 0.743. The maximum Gasteiger partial charge on any atom is 0.0733 e. The van der Waals surface area contributed by atoms with E-state index in [1.165, 1.54) is 38.6 Å². The summed E-state index contributed by atoms with van der Waals surface area (Å²) in [5.41, 5.74) is 6.84. The lowest BCUT2D eigenvalue weighted by Crippen LogP contribution is -2.39. The SMILES string of the molecule is OC1CNCCC1c1ccccc1-c1ccc2c3c(cccc13)CC2. The van der Waals surface area contributed by atoms with Gasteiger partial charge in [0.15, 0.2) is 0 Å². The molecule has 1 aliphatic heterocycles. The van der Waals surface area contributed by atoms with Gasteiger partial charge in [-0.05, 0) is 64.4 Å². The summed E-state index contributed by atoms with van der Waals surface area (Å²) < 4.78 is 0. The fraction of sp³-hybridized carbons (Fsp3) is 0.304. The Kier molecular flexibility index (Phi) is 3.61. The molecule has 0 spiro atoms. The molecule has 0 bridgehead atoms. The first-order valence-corrected chi connectivity index (χ1v) is 9.34. The fourth-order valence-electron chi connectivity index (χ4n) is 4.75. The Bertz CT molecular complexity index is 936. The van der Waals surface area contributed by atoms with Gasteiger partial charge in [-0.1, -0.05) is 54.6 Å². The van der Waals surface area contributed by atoms with Crippen molar-refractivity contribution < 1.29 is 5.11 Å². The van der Waals surface area contributed by atoms with E-state index in [0.717, 1.165) is 25.8 Å². The minimum atomic E-state index is -0.313. The monoisotopic (exact) mass is 329 g/mol. The fourth-order valence-corrected chi connectivity index (χ4v) is 4.75. The summed E-state index contributed by atoms with van der Waals surface area (Å²) in [5, 5.41) is 16.7. The lowest BCUT2D eigenvalue weighted by atomic mass is 9.82. The topological polar surface area (TPSA) is 32.3 Å². The van der Waals surface area contributed by atoms with Gasteiger partial charge in [-0.3, -0.25) is 0 Å². The number of benzene rings is 3. The summed E-state index contributed by atoms with van der Waals surface area (Å²) in [4.78, 5) is 0. The summed E-state index contributed by atoms with van der Waals surface area (Å²) in [6.07, 6.45) is 2.99. The molecule has 1 aliphatic carbocycles. The standard InChI is InChI=1S/C23H23NO/c25-22-14-24-13-12-20(22)18-6-2-1-5-17(18)19-11-10-16-9-8-15-4-3-7-21(19)23(15)16/h1-7,10-11,20,22,24-25H,8-9,12-14H2. The smallest absolute Gasteiger partial charge is 0.0733 e. The number of rotatable bonds is 2. The highest BCUT2D eigenvalue weighted by Crippen LogP contribution is 2.40. The van der Waals surface area contributed by atoms with Crippen LogP contribution in [0.25, 0.3) is 21.9 Å². The molecule has 126 valence electrons. The van der Waals surface area contributed by atoms with Crippen molar-refractivity contribution in [2.75, 3.05) is 13.1 Å². The van der Waals surface area contributed by atoms with Crippen molar-refractivity contribution in [3.05, 3.63) is 71.3 Å². The normalized spacial score (nSPS) is 22.4.